The van der Waals surface area contributed by atoms with Gasteiger partial charge < -0.3 is 28.4 Å². The van der Waals surface area contributed by atoms with E-state index >= 15 is 0 Å². The fourth-order valence-corrected chi connectivity index (χ4v) is 4.34. The number of hydrogen-bond acceptors (Lipinski definition) is 6. The molecule has 0 aromatic heterocycles. The molecule has 47 heavy (non-hydrogen) atoms. The van der Waals surface area contributed by atoms with E-state index in [1.54, 1.807) is 14.2 Å². The first-order chi connectivity index (χ1) is 22.2. The fourth-order valence-electron chi connectivity index (χ4n) is 4.34. The Balaban J connectivity index is 0.000000681. The van der Waals surface area contributed by atoms with Gasteiger partial charge in [0.25, 0.3) is 0 Å². The number of hydrogen-bond donors (Lipinski definition) is 0. The van der Waals surface area contributed by atoms with Crippen LogP contribution in [0.4, 0.5) is 17.6 Å². The Morgan fingerprint density at radius 2 is 0.957 bits per heavy atom. The second-order valence-corrected chi connectivity index (χ2v) is 9.59. The fraction of sp³-hybridized carbons (Fsp3) is 0.444. The van der Waals surface area contributed by atoms with Gasteiger partial charge in [-0.1, -0.05) is 11.1 Å². The van der Waals surface area contributed by atoms with E-state index in [2.05, 4.69) is 24.3 Å². The zero-order chi connectivity index (χ0) is 34.3. The molecule has 0 bridgehead atoms. The van der Waals surface area contributed by atoms with Crippen LogP contribution in [0.5, 0.6) is 0 Å². The van der Waals surface area contributed by atoms with Crippen molar-refractivity contribution in [2.24, 2.45) is 0 Å². The molecule has 6 nitrogen and oxygen atoms in total. The number of rotatable bonds is 14. The molecule has 256 valence electrons. The van der Waals surface area contributed by atoms with Crippen molar-refractivity contribution < 1.29 is 67.7 Å². The third-order valence-electron chi connectivity index (χ3n) is 6.74. The van der Waals surface area contributed by atoms with Crippen LogP contribution in [0.1, 0.15) is 49.7 Å². The van der Waals surface area contributed by atoms with E-state index < -0.39 is 34.8 Å². The molecule has 2 aromatic rings. The van der Waals surface area contributed by atoms with E-state index in [1.807, 2.05) is 36.4 Å². The van der Waals surface area contributed by atoms with Crippen LogP contribution in [0.25, 0.3) is 0 Å². The molecule has 0 saturated carbocycles. The van der Waals surface area contributed by atoms with Crippen molar-refractivity contribution >= 4 is 0 Å². The van der Waals surface area contributed by atoms with Crippen LogP contribution >= 0.6 is 0 Å². The van der Waals surface area contributed by atoms with Gasteiger partial charge in [0.15, 0.2) is 11.6 Å². The number of halogens is 4. The molecule has 0 radical (unpaired) electrons. The standard InChI is InChI=1S/2C13H17F2O3.2C5H5.Ti/c2*1-16-8-4-7-13(17-2,18-3)11-6-5-10(14)9-12(11)15;2*1-2-4-5-3-1;/h2*5-6H,4,7-8H2,1-3H3;2*1-3H,4H2;/q4*-1;+4. The zero-order valence-corrected chi connectivity index (χ0v) is 29.5. The Hall–Kier alpha value is -2.41. The van der Waals surface area contributed by atoms with Crippen molar-refractivity contribution in [1.82, 2.24) is 0 Å². The van der Waals surface area contributed by atoms with Crippen molar-refractivity contribution in [3.05, 3.63) is 119 Å². The minimum atomic E-state index is -1.24. The first-order valence-corrected chi connectivity index (χ1v) is 14.6. The maximum absolute atomic E-state index is 13.7. The van der Waals surface area contributed by atoms with E-state index in [0.29, 0.717) is 38.9 Å². The molecule has 2 aliphatic rings. The van der Waals surface area contributed by atoms with Crippen LogP contribution in [-0.2, 0) is 61.7 Å². The van der Waals surface area contributed by atoms with Gasteiger partial charge in [-0.2, -0.15) is 24.3 Å². The van der Waals surface area contributed by atoms with E-state index in [0.717, 1.165) is 25.0 Å². The molecule has 2 aliphatic carbocycles. The molecule has 0 heterocycles. The predicted molar refractivity (Wildman–Crippen MR) is 167 cm³/mol. The summed E-state index contributed by atoms with van der Waals surface area (Å²) in [6.45, 7) is 1.00. The third-order valence-corrected chi connectivity index (χ3v) is 6.74. The number of benzene rings is 2. The topological polar surface area (TPSA) is 55.4 Å². The van der Waals surface area contributed by atoms with Gasteiger partial charge >= 0.3 is 21.7 Å². The van der Waals surface area contributed by atoms with E-state index in [1.165, 1.54) is 40.6 Å². The Labute approximate surface area is 292 Å². The van der Waals surface area contributed by atoms with Crippen molar-refractivity contribution in [3.63, 3.8) is 0 Å². The summed E-state index contributed by atoms with van der Waals surface area (Å²) in [6.07, 6.45) is 22.0. The van der Waals surface area contributed by atoms with E-state index in [-0.39, 0.29) is 32.8 Å². The van der Waals surface area contributed by atoms with Gasteiger partial charge in [-0.05, 0) is 25.7 Å². The second-order valence-electron chi connectivity index (χ2n) is 9.59. The minimum absolute atomic E-state index is 0. The molecule has 0 N–H and O–H groups in total. The molecule has 0 spiro atoms. The summed E-state index contributed by atoms with van der Waals surface area (Å²) in [5, 5.41) is 0. The van der Waals surface area contributed by atoms with Crippen molar-refractivity contribution in [1.29, 1.82) is 0 Å². The first-order valence-electron chi connectivity index (χ1n) is 14.6. The van der Waals surface area contributed by atoms with Crippen molar-refractivity contribution in [2.75, 3.05) is 55.9 Å². The van der Waals surface area contributed by atoms with Gasteiger partial charge in [-0.3, -0.25) is 12.2 Å². The molecule has 0 saturated heterocycles. The van der Waals surface area contributed by atoms with Crippen LogP contribution in [0.2, 0.25) is 0 Å². The van der Waals surface area contributed by atoms with Gasteiger partial charge in [0.05, 0.1) is 0 Å². The Morgan fingerprint density at radius 3 is 1.17 bits per heavy atom. The SMILES string of the molecule is COCCCC(OC)(OC)c1ccc(F)[c-]c1F.COCCCC(OC)(OC)c1ccc(F)[c-]c1F.[C-]1=CC=CC1.[C-]1=CC=CC1.[Ti+4]. The molecule has 0 fully saturated rings. The van der Waals surface area contributed by atoms with Crippen molar-refractivity contribution in [2.45, 2.75) is 50.1 Å². The largest absolute Gasteiger partial charge is 4.00 e. The number of ether oxygens (including phenoxy) is 6. The minimum Gasteiger partial charge on any atom is -0.385 e. The molecular formula is C36H44F4O6Ti. The predicted octanol–water partition coefficient (Wildman–Crippen LogP) is 7.88. The second kappa shape index (κ2) is 25.6. The monoisotopic (exact) mass is 696 g/mol. The zero-order valence-electron chi connectivity index (χ0n) is 27.9. The van der Waals surface area contributed by atoms with Gasteiger partial charge in [-0.15, -0.1) is 37.1 Å². The Kier molecular flexibility index (Phi) is 24.3. The van der Waals surface area contributed by atoms with Crippen LogP contribution in [0, 0.1) is 47.6 Å². The van der Waals surface area contributed by atoms with E-state index in [9.17, 15) is 17.6 Å². The normalized spacial score (nSPS) is 12.8. The molecule has 4 rings (SSSR count). The summed E-state index contributed by atoms with van der Waals surface area (Å²) in [6, 6.07) is 8.82. The van der Waals surface area contributed by atoms with Gasteiger partial charge in [0, 0.05) is 79.1 Å². The summed E-state index contributed by atoms with van der Waals surface area (Å²) < 4.78 is 84.2. The summed E-state index contributed by atoms with van der Waals surface area (Å²) in [5.74, 6) is -5.62. The Bertz CT molecular complexity index is 1130. The van der Waals surface area contributed by atoms with Gasteiger partial charge in [0.1, 0.15) is 0 Å². The number of allylic oxidation sites excluding steroid dienone is 8. The van der Waals surface area contributed by atoms with E-state index in [4.69, 9.17) is 28.4 Å². The summed E-state index contributed by atoms with van der Waals surface area (Å²) in [4.78, 5) is 0. The van der Waals surface area contributed by atoms with Crippen LogP contribution in [-0.4, -0.2) is 55.9 Å². The molecule has 2 aromatic carbocycles. The third kappa shape index (κ3) is 15.6. The average Bonchev–Trinajstić information content (AvgIpc) is 3.84. The van der Waals surface area contributed by atoms with Crippen LogP contribution in [0.15, 0.2) is 60.7 Å². The maximum atomic E-state index is 13.7. The summed E-state index contributed by atoms with van der Waals surface area (Å²) >= 11 is 0. The van der Waals surface area contributed by atoms with Crippen molar-refractivity contribution in [3.8, 4) is 0 Å². The summed E-state index contributed by atoms with van der Waals surface area (Å²) in [7, 11) is 8.82. The molecular weight excluding hydrogens is 652 g/mol. The van der Waals surface area contributed by atoms with Crippen LogP contribution in [0.3, 0.4) is 0 Å². The first kappa shape index (κ1) is 44.6. The quantitative estimate of drug-likeness (QED) is 0.0659. The van der Waals surface area contributed by atoms with Gasteiger partial charge in [-0.25, -0.2) is 41.9 Å². The molecule has 0 atom stereocenters. The van der Waals surface area contributed by atoms with Gasteiger partial charge in [0.2, 0.25) is 0 Å². The number of methoxy groups -OCH3 is 6. The molecule has 0 unspecified atom stereocenters. The maximum Gasteiger partial charge on any atom is 4.00 e. The molecule has 0 amide bonds. The summed E-state index contributed by atoms with van der Waals surface area (Å²) in [5.41, 5.74) is 0.259. The smallest absolute Gasteiger partial charge is 0.385 e. The van der Waals surface area contributed by atoms with Crippen LogP contribution < -0.4 is 0 Å². The molecule has 11 heteroatoms. The molecule has 0 aliphatic heterocycles. The average molecular weight is 697 g/mol. The Morgan fingerprint density at radius 1 is 0.596 bits per heavy atom.